The summed E-state index contributed by atoms with van der Waals surface area (Å²) in [5.41, 5.74) is 4.00. The van der Waals surface area contributed by atoms with Crippen LogP contribution in [0.15, 0.2) is 6.07 Å². The molecule has 0 amide bonds. The summed E-state index contributed by atoms with van der Waals surface area (Å²) in [6.07, 6.45) is 6.30. The van der Waals surface area contributed by atoms with Crippen LogP contribution in [0.5, 0.6) is 0 Å². The fourth-order valence-corrected chi connectivity index (χ4v) is 2.34. The van der Waals surface area contributed by atoms with Crippen molar-refractivity contribution in [2.24, 2.45) is 0 Å². The van der Waals surface area contributed by atoms with Gasteiger partial charge in [-0.15, -0.1) is 0 Å². The van der Waals surface area contributed by atoms with Crippen LogP contribution >= 0.6 is 11.6 Å². The molecule has 0 saturated carbocycles. The minimum atomic E-state index is 0.651. The Hall–Kier alpha value is -0.560. The number of halogens is 1. The Morgan fingerprint density at radius 2 is 2.00 bits per heavy atom. The predicted molar refractivity (Wildman–Crippen MR) is 55.2 cm³/mol. The summed E-state index contributed by atoms with van der Waals surface area (Å²) in [6, 6.07) is 2.04. The first-order chi connectivity index (χ1) is 6.27. The van der Waals surface area contributed by atoms with Gasteiger partial charge in [0.1, 0.15) is 5.15 Å². The lowest BCUT2D eigenvalue weighted by molar-refractivity contribution is 0.711. The van der Waals surface area contributed by atoms with E-state index in [0.29, 0.717) is 5.15 Å². The van der Waals surface area contributed by atoms with Crippen molar-refractivity contribution in [3.8, 4) is 0 Å². The highest BCUT2D eigenvalue weighted by molar-refractivity contribution is 6.29. The maximum atomic E-state index is 5.92. The van der Waals surface area contributed by atoms with Crippen molar-refractivity contribution in [1.82, 2.24) is 4.98 Å². The van der Waals surface area contributed by atoms with Gasteiger partial charge in [-0.1, -0.05) is 18.0 Å². The minimum absolute atomic E-state index is 0.651. The third kappa shape index (κ3) is 1.86. The molecule has 0 unspecified atom stereocenters. The molecule has 0 radical (unpaired) electrons. The number of nitrogens with zero attached hydrogens (tertiary/aromatic N) is 1. The number of aryl methyl sites for hydroxylation is 2. The normalized spacial score (nSPS) is 16.5. The van der Waals surface area contributed by atoms with Crippen molar-refractivity contribution < 1.29 is 0 Å². The number of fused-ring (bicyclic) bond motifs is 1. The van der Waals surface area contributed by atoms with Gasteiger partial charge in [-0.3, -0.25) is 0 Å². The van der Waals surface area contributed by atoms with Crippen molar-refractivity contribution >= 4 is 11.6 Å². The molecule has 13 heavy (non-hydrogen) atoms. The summed E-state index contributed by atoms with van der Waals surface area (Å²) < 4.78 is 0. The third-order valence-electron chi connectivity index (χ3n) is 2.77. The quantitative estimate of drug-likeness (QED) is 0.457. The number of hydrogen-bond donors (Lipinski definition) is 0. The second-order valence-electron chi connectivity index (χ2n) is 3.73. The second kappa shape index (κ2) is 3.67. The monoisotopic (exact) mass is 195 g/mol. The second-order valence-corrected chi connectivity index (χ2v) is 4.12. The number of aromatic nitrogens is 1. The molecule has 2 heteroatoms. The highest BCUT2D eigenvalue weighted by Gasteiger charge is 2.11. The van der Waals surface area contributed by atoms with Gasteiger partial charge >= 0.3 is 0 Å². The molecule has 70 valence electrons. The standard InChI is InChI=1S/C11H14ClN/c1-8-10-6-4-2-3-5-9(10)7-11(12)13-8/h7H,2-6H2,1H3. The van der Waals surface area contributed by atoms with E-state index < -0.39 is 0 Å². The van der Waals surface area contributed by atoms with Crippen LogP contribution < -0.4 is 0 Å². The van der Waals surface area contributed by atoms with Crippen molar-refractivity contribution in [2.45, 2.75) is 39.0 Å². The van der Waals surface area contributed by atoms with Crippen molar-refractivity contribution in [3.63, 3.8) is 0 Å². The molecule has 1 nitrogen and oxygen atoms in total. The van der Waals surface area contributed by atoms with Gasteiger partial charge in [-0.05, 0) is 49.8 Å². The maximum absolute atomic E-state index is 5.92. The van der Waals surface area contributed by atoms with Crippen LogP contribution in [0.25, 0.3) is 0 Å². The van der Waals surface area contributed by atoms with E-state index in [0.717, 1.165) is 5.69 Å². The molecule has 0 aliphatic heterocycles. The zero-order valence-corrected chi connectivity index (χ0v) is 8.69. The Morgan fingerprint density at radius 1 is 1.23 bits per heavy atom. The van der Waals surface area contributed by atoms with Gasteiger partial charge < -0.3 is 0 Å². The largest absolute Gasteiger partial charge is 0.241 e. The minimum Gasteiger partial charge on any atom is -0.241 e. The van der Waals surface area contributed by atoms with Gasteiger partial charge in [0.05, 0.1) is 0 Å². The van der Waals surface area contributed by atoms with Crippen LogP contribution in [0.2, 0.25) is 5.15 Å². The summed E-state index contributed by atoms with van der Waals surface area (Å²) in [6.45, 7) is 2.07. The summed E-state index contributed by atoms with van der Waals surface area (Å²) in [5, 5.41) is 0.651. The zero-order chi connectivity index (χ0) is 9.26. The molecule has 1 aromatic heterocycles. The van der Waals surface area contributed by atoms with Crippen LogP contribution in [-0.2, 0) is 12.8 Å². The van der Waals surface area contributed by atoms with E-state index in [4.69, 9.17) is 11.6 Å². The first kappa shape index (κ1) is 9.01. The highest BCUT2D eigenvalue weighted by Crippen LogP contribution is 2.24. The number of pyridine rings is 1. The first-order valence-electron chi connectivity index (χ1n) is 4.92. The van der Waals surface area contributed by atoms with E-state index in [2.05, 4.69) is 11.9 Å². The molecule has 0 aromatic carbocycles. The lowest BCUT2D eigenvalue weighted by Gasteiger charge is -2.08. The van der Waals surface area contributed by atoms with Crippen molar-refractivity contribution in [2.75, 3.05) is 0 Å². The van der Waals surface area contributed by atoms with E-state index in [1.54, 1.807) is 0 Å². The van der Waals surface area contributed by atoms with Gasteiger partial charge in [0, 0.05) is 5.69 Å². The zero-order valence-electron chi connectivity index (χ0n) is 7.94. The SMILES string of the molecule is Cc1nc(Cl)cc2c1CCCCC2. The van der Waals surface area contributed by atoms with E-state index in [1.165, 1.54) is 43.2 Å². The van der Waals surface area contributed by atoms with Crippen LogP contribution in [0.3, 0.4) is 0 Å². The van der Waals surface area contributed by atoms with Crippen LogP contribution in [-0.4, -0.2) is 4.98 Å². The molecule has 0 saturated heterocycles. The molecule has 0 N–H and O–H groups in total. The number of hydrogen-bond acceptors (Lipinski definition) is 1. The Morgan fingerprint density at radius 3 is 2.85 bits per heavy atom. The fourth-order valence-electron chi connectivity index (χ4n) is 2.08. The van der Waals surface area contributed by atoms with Gasteiger partial charge in [0.25, 0.3) is 0 Å². The van der Waals surface area contributed by atoms with E-state index >= 15 is 0 Å². The summed E-state index contributed by atoms with van der Waals surface area (Å²) in [4.78, 5) is 4.29. The Bertz CT molecular complexity index is 320. The lowest BCUT2D eigenvalue weighted by Crippen LogP contribution is -1.97. The van der Waals surface area contributed by atoms with E-state index in [9.17, 15) is 0 Å². The number of rotatable bonds is 0. The Labute approximate surface area is 84.1 Å². The molecule has 1 aromatic rings. The molecule has 0 spiro atoms. The molecule has 1 heterocycles. The predicted octanol–water partition coefficient (Wildman–Crippen LogP) is 3.31. The molecule has 0 fully saturated rings. The molecular formula is C11H14ClN. The Balaban J connectivity index is 2.47. The molecule has 1 aliphatic carbocycles. The molecule has 0 atom stereocenters. The summed E-state index contributed by atoms with van der Waals surface area (Å²) >= 11 is 5.92. The Kier molecular flexibility index (Phi) is 2.54. The molecular weight excluding hydrogens is 182 g/mol. The fraction of sp³-hybridized carbons (Fsp3) is 0.545. The van der Waals surface area contributed by atoms with Crippen LogP contribution in [0.4, 0.5) is 0 Å². The third-order valence-corrected chi connectivity index (χ3v) is 2.96. The summed E-state index contributed by atoms with van der Waals surface area (Å²) in [7, 11) is 0. The lowest BCUT2D eigenvalue weighted by atomic mass is 10.0. The smallest absolute Gasteiger partial charge is 0.129 e. The average Bonchev–Trinajstić information content (AvgIpc) is 2.28. The van der Waals surface area contributed by atoms with Crippen LogP contribution in [0, 0.1) is 6.92 Å². The molecule has 0 bridgehead atoms. The van der Waals surface area contributed by atoms with Crippen LogP contribution in [0.1, 0.15) is 36.1 Å². The van der Waals surface area contributed by atoms with Gasteiger partial charge in [0.2, 0.25) is 0 Å². The van der Waals surface area contributed by atoms with Gasteiger partial charge in [-0.25, -0.2) is 4.98 Å². The van der Waals surface area contributed by atoms with Gasteiger partial charge in [-0.2, -0.15) is 0 Å². The average molecular weight is 196 g/mol. The molecule has 1 aliphatic rings. The molecule has 2 rings (SSSR count). The van der Waals surface area contributed by atoms with Crippen molar-refractivity contribution in [3.05, 3.63) is 28.0 Å². The van der Waals surface area contributed by atoms with E-state index in [1.807, 2.05) is 6.07 Å². The first-order valence-corrected chi connectivity index (χ1v) is 5.30. The topological polar surface area (TPSA) is 12.9 Å². The highest BCUT2D eigenvalue weighted by atomic mass is 35.5. The van der Waals surface area contributed by atoms with E-state index in [-0.39, 0.29) is 0 Å². The summed E-state index contributed by atoms with van der Waals surface area (Å²) in [5.74, 6) is 0. The maximum Gasteiger partial charge on any atom is 0.129 e. The van der Waals surface area contributed by atoms with Gasteiger partial charge in [0.15, 0.2) is 0 Å². The van der Waals surface area contributed by atoms with Crippen molar-refractivity contribution in [1.29, 1.82) is 0 Å².